The zero-order chi connectivity index (χ0) is 33.4. The van der Waals surface area contributed by atoms with Crippen molar-refractivity contribution in [3.8, 4) is 22.9 Å². The van der Waals surface area contributed by atoms with Gasteiger partial charge < -0.3 is 24.4 Å². The summed E-state index contributed by atoms with van der Waals surface area (Å²) in [4.78, 5) is 27.3. The maximum Gasteiger partial charge on any atom is 0.303 e. The summed E-state index contributed by atoms with van der Waals surface area (Å²) in [5.41, 5.74) is 4.59. The van der Waals surface area contributed by atoms with Crippen LogP contribution in [0.3, 0.4) is 0 Å². The van der Waals surface area contributed by atoms with E-state index in [2.05, 4.69) is 34.0 Å². The topological polar surface area (TPSA) is 109 Å². The van der Waals surface area contributed by atoms with Crippen LogP contribution in [0.25, 0.3) is 22.3 Å². The third-order valence-electron chi connectivity index (χ3n) is 9.60. The van der Waals surface area contributed by atoms with Crippen LogP contribution in [0, 0.1) is 11.6 Å². The number of nitrogens with zero attached hydrogens (tertiary/aromatic N) is 3. The molecule has 0 saturated heterocycles. The summed E-state index contributed by atoms with van der Waals surface area (Å²) < 4.78 is 39.4. The fourth-order valence-electron chi connectivity index (χ4n) is 6.88. The van der Waals surface area contributed by atoms with Gasteiger partial charge in [0.2, 0.25) is 0 Å². The largest absolute Gasteiger partial charge is 0.481 e. The molecule has 3 N–H and O–H groups in total. The third-order valence-corrected chi connectivity index (χ3v) is 9.60. The van der Waals surface area contributed by atoms with E-state index >= 15 is 8.78 Å². The highest BCUT2D eigenvalue weighted by Gasteiger charge is 2.31. The van der Waals surface area contributed by atoms with Gasteiger partial charge in [0.15, 0.2) is 11.6 Å². The fourth-order valence-corrected chi connectivity index (χ4v) is 6.88. The Labute approximate surface area is 276 Å². The van der Waals surface area contributed by atoms with E-state index in [1.807, 2.05) is 36.0 Å². The first-order chi connectivity index (χ1) is 23.2. The molecule has 6 bridgehead atoms. The zero-order valence-corrected chi connectivity index (χ0v) is 26.9. The van der Waals surface area contributed by atoms with Crippen molar-refractivity contribution in [2.45, 2.75) is 63.7 Å². The van der Waals surface area contributed by atoms with Crippen LogP contribution in [0.15, 0.2) is 73.2 Å². The molecule has 3 aromatic heterocycles. The minimum Gasteiger partial charge on any atom is -0.481 e. The molecule has 0 radical (unpaired) electrons. The van der Waals surface area contributed by atoms with E-state index in [0.717, 1.165) is 65.8 Å². The van der Waals surface area contributed by atoms with Crippen molar-refractivity contribution >= 4 is 16.9 Å². The first kappa shape index (κ1) is 31.4. The first-order valence-corrected chi connectivity index (χ1v) is 16.3. The fraction of sp³-hybridized carbons (Fsp3) is 0.289. The average Bonchev–Trinajstić information content (AvgIpc) is 3.82. The van der Waals surface area contributed by atoms with Gasteiger partial charge >= 0.3 is 5.97 Å². The van der Waals surface area contributed by atoms with E-state index in [9.17, 15) is 9.90 Å². The molecule has 7 rings (SSSR count). The number of rotatable bonds is 4. The number of hydrogen-bond acceptors (Lipinski definition) is 4. The second-order valence-corrected chi connectivity index (χ2v) is 12.9. The maximum atomic E-state index is 15.7. The Morgan fingerprint density at radius 2 is 1.96 bits per heavy atom. The van der Waals surface area contributed by atoms with E-state index in [-0.39, 0.29) is 23.5 Å². The quantitative estimate of drug-likeness (QED) is 0.178. The SMILES string of the molecule is Cn1cc2nc1CCCCCC(C)(c1cccc(CCC(=O)O)c1)c1cnc([nH]1)-c1cc(ccc1F)Oc1c(F)cc3[nH]ccc3c1C2. The molecule has 1 aliphatic rings. The normalized spacial score (nSPS) is 16.8. The Bertz CT molecular complexity index is 2130. The van der Waals surface area contributed by atoms with Gasteiger partial charge in [-0.3, -0.25) is 4.79 Å². The molecule has 0 amide bonds. The number of aryl methyl sites for hydroxylation is 3. The smallest absolute Gasteiger partial charge is 0.303 e. The molecule has 4 heterocycles. The van der Waals surface area contributed by atoms with Gasteiger partial charge in [0.25, 0.3) is 0 Å². The first-order valence-electron chi connectivity index (χ1n) is 16.3. The molecule has 0 aliphatic carbocycles. The number of carboxylic acid groups (broad SMARTS) is 1. The minimum absolute atomic E-state index is 0.0470. The van der Waals surface area contributed by atoms with Crippen LogP contribution in [0.1, 0.15) is 72.9 Å². The van der Waals surface area contributed by atoms with Crippen LogP contribution >= 0.6 is 0 Å². The summed E-state index contributed by atoms with van der Waals surface area (Å²) in [6.07, 6.45) is 10.7. The molecular formula is C38H37F2N5O3. The predicted octanol–water partition coefficient (Wildman–Crippen LogP) is 8.39. The Morgan fingerprint density at radius 3 is 2.81 bits per heavy atom. The van der Waals surface area contributed by atoms with Crippen molar-refractivity contribution in [3.05, 3.63) is 119 Å². The number of imidazole rings is 2. The lowest BCUT2D eigenvalue weighted by Gasteiger charge is -2.30. The standard InChI is InChI=1S/C38H37F2N5O3/c1-38(24-8-6-7-23(17-24)10-13-35(46)47)15-5-3-4-9-34-43-25(22-45(34)2)18-28-27-14-16-41-32(27)20-31(40)36(28)48-26-11-12-30(39)29(19-26)37-42-21-33(38)44-37/h6-8,11-12,14,16-17,19-22,41H,3-5,9-10,13,15,18H2,1-2H3,(H,42,44)(H,46,47). The molecule has 0 saturated carbocycles. The van der Waals surface area contributed by atoms with Crippen molar-refractivity contribution in [2.75, 3.05) is 0 Å². The van der Waals surface area contributed by atoms with E-state index < -0.39 is 23.0 Å². The van der Waals surface area contributed by atoms with Crippen LogP contribution in [0.5, 0.6) is 11.5 Å². The molecule has 10 heteroatoms. The molecule has 6 aromatic rings. The highest BCUT2D eigenvalue weighted by atomic mass is 19.1. The zero-order valence-electron chi connectivity index (χ0n) is 26.9. The molecule has 3 aromatic carbocycles. The molecule has 48 heavy (non-hydrogen) atoms. The van der Waals surface area contributed by atoms with E-state index in [4.69, 9.17) is 9.72 Å². The van der Waals surface area contributed by atoms with E-state index in [1.54, 1.807) is 18.5 Å². The van der Waals surface area contributed by atoms with Gasteiger partial charge in [-0.25, -0.2) is 18.7 Å². The lowest BCUT2D eigenvalue weighted by Crippen LogP contribution is -2.24. The van der Waals surface area contributed by atoms with Gasteiger partial charge in [-0.15, -0.1) is 0 Å². The molecule has 1 aliphatic heterocycles. The van der Waals surface area contributed by atoms with Gasteiger partial charge in [0, 0.05) is 78.5 Å². The second-order valence-electron chi connectivity index (χ2n) is 12.9. The van der Waals surface area contributed by atoms with Gasteiger partial charge in [0.1, 0.15) is 23.2 Å². The number of nitrogens with one attached hydrogen (secondary N) is 2. The summed E-state index contributed by atoms with van der Waals surface area (Å²) in [5, 5.41) is 10.1. The highest BCUT2D eigenvalue weighted by molar-refractivity contribution is 5.86. The van der Waals surface area contributed by atoms with E-state index in [0.29, 0.717) is 29.7 Å². The lowest BCUT2D eigenvalue weighted by atomic mass is 9.75. The minimum atomic E-state index is -0.839. The monoisotopic (exact) mass is 649 g/mol. The Kier molecular flexibility index (Phi) is 8.33. The summed E-state index contributed by atoms with van der Waals surface area (Å²) in [7, 11) is 1.98. The number of aromatic amines is 2. The van der Waals surface area contributed by atoms with Crippen LogP contribution in [-0.4, -0.2) is 35.6 Å². The van der Waals surface area contributed by atoms with Gasteiger partial charge in [0.05, 0.1) is 11.3 Å². The van der Waals surface area contributed by atoms with Crippen LogP contribution in [-0.2, 0) is 36.5 Å². The summed E-state index contributed by atoms with van der Waals surface area (Å²) in [6.45, 7) is 2.14. The Balaban J connectivity index is 1.33. The highest BCUT2D eigenvalue weighted by Crippen LogP contribution is 2.40. The molecule has 0 spiro atoms. The number of halogens is 2. The number of fused-ring (bicyclic) bond motifs is 10. The van der Waals surface area contributed by atoms with Gasteiger partial charge in [-0.05, 0) is 61.6 Å². The van der Waals surface area contributed by atoms with Crippen LogP contribution in [0.4, 0.5) is 8.78 Å². The molecule has 1 atom stereocenters. The number of ether oxygens (including phenoxy) is 1. The van der Waals surface area contributed by atoms with Crippen molar-refractivity contribution in [1.82, 2.24) is 24.5 Å². The number of aromatic nitrogens is 5. The van der Waals surface area contributed by atoms with Crippen molar-refractivity contribution in [3.63, 3.8) is 0 Å². The van der Waals surface area contributed by atoms with Gasteiger partial charge in [-0.2, -0.15) is 0 Å². The molecule has 8 nitrogen and oxygen atoms in total. The van der Waals surface area contributed by atoms with Crippen LogP contribution < -0.4 is 4.74 Å². The van der Waals surface area contributed by atoms with Crippen molar-refractivity contribution in [2.24, 2.45) is 7.05 Å². The number of benzene rings is 3. The summed E-state index contributed by atoms with van der Waals surface area (Å²) in [5.74, 6) is -0.227. The lowest BCUT2D eigenvalue weighted by molar-refractivity contribution is -0.136. The van der Waals surface area contributed by atoms with Crippen molar-refractivity contribution < 1.29 is 23.4 Å². The van der Waals surface area contributed by atoms with Crippen LogP contribution in [0.2, 0.25) is 0 Å². The number of H-pyrrole nitrogens is 2. The molecule has 246 valence electrons. The summed E-state index contributed by atoms with van der Waals surface area (Å²) >= 11 is 0. The molecular weight excluding hydrogens is 612 g/mol. The predicted molar refractivity (Wildman–Crippen MR) is 179 cm³/mol. The molecule has 1 unspecified atom stereocenters. The molecule has 0 fully saturated rings. The summed E-state index contributed by atoms with van der Waals surface area (Å²) in [6, 6.07) is 15.7. The number of hydrogen-bond donors (Lipinski definition) is 3. The van der Waals surface area contributed by atoms with E-state index in [1.165, 1.54) is 18.2 Å². The number of aliphatic carboxylic acids is 1. The number of carboxylic acids is 1. The number of carbonyl (C=O) groups is 1. The average molecular weight is 650 g/mol. The van der Waals surface area contributed by atoms with Crippen molar-refractivity contribution in [1.29, 1.82) is 0 Å². The third kappa shape index (κ3) is 6.10. The van der Waals surface area contributed by atoms with Gasteiger partial charge in [-0.1, -0.05) is 37.1 Å². The second kappa shape index (κ2) is 12.7. The Hall–Kier alpha value is -5.25. The Morgan fingerprint density at radius 1 is 1.08 bits per heavy atom. The maximum absolute atomic E-state index is 15.7.